The van der Waals surface area contributed by atoms with E-state index >= 15 is 0 Å². The number of hydrogen-bond acceptors (Lipinski definition) is 4. The fourth-order valence-corrected chi connectivity index (χ4v) is 1.04. The van der Waals surface area contributed by atoms with Crippen molar-refractivity contribution in [3.05, 3.63) is 11.7 Å². The summed E-state index contributed by atoms with van der Waals surface area (Å²) in [6.07, 6.45) is 1.10. The third kappa shape index (κ3) is 3.74. The van der Waals surface area contributed by atoms with Crippen LogP contribution >= 0.6 is 11.6 Å². The molecule has 0 fully saturated rings. The largest absolute Gasteiger partial charge is 0.347 e. The first kappa shape index (κ1) is 11.0. The first-order valence-corrected chi connectivity index (χ1v) is 4.87. The molecule has 0 radical (unpaired) electrons. The quantitative estimate of drug-likeness (QED) is 0.748. The van der Waals surface area contributed by atoms with Gasteiger partial charge in [0.25, 0.3) is 0 Å². The maximum Gasteiger partial charge on any atom is 0.246 e. The molecule has 1 aromatic heterocycles. The highest BCUT2D eigenvalue weighted by Crippen LogP contribution is 1.96. The minimum Gasteiger partial charge on any atom is -0.347 e. The van der Waals surface area contributed by atoms with Crippen molar-refractivity contribution in [3.63, 3.8) is 0 Å². The molecule has 1 rings (SSSR count). The number of amides is 1. The smallest absolute Gasteiger partial charge is 0.246 e. The molecule has 1 N–H and O–H groups in total. The SMILES string of the molecule is Cc1noc(CNC(=O)CCCCl)n1. The summed E-state index contributed by atoms with van der Waals surface area (Å²) >= 11 is 5.45. The monoisotopic (exact) mass is 217 g/mol. The normalized spacial score (nSPS) is 10.1. The molecule has 0 aromatic carbocycles. The molecule has 0 spiro atoms. The van der Waals surface area contributed by atoms with E-state index in [1.807, 2.05) is 0 Å². The fraction of sp³-hybridized carbons (Fsp3) is 0.625. The van der Waals surface area contributed by atoms with Gasteiger partial charge in [-0.15, -0.1) is 11.6 Å². The van der Waals surface area contributed by atoms with E-state index in [4.69, 9.17) is 16.1 Å². The van der Waals surface area contributed by atoms with Crippen LogP contribution in [-0.2, 0) is 11.3 Å². The maximum atomic E-state index is 11.1. The lowest BCUT2D eigenvalue weighted by Crippen LogP contribution is -2.22. The third-order valence-electron chi connectivity index (χ3n) is 1.54. The van der Waals surface area contributed by atoms with Crippen molar-refractivity contribution in [2.45, 2.75) is 26.3 Å². The lowest BCUT2D eigenvalue weighted by molar-refractivity contribution is -0.121. The summed E-state index contributed by atoms with van der Waals surface area (Å²) in [5.74, 6) is 1.42. The number of aryl methyl sites for hydroxylation is 1. The first-order valence-electron chi connectivity index (χ1n) is 4.34. The van der Waals surface area contributed by atoms with Crippen LogP contribution in [0.25, 0.3) is 0 Å². The average molecular weight is 218 g/mol. The molecule has 0 bridgehead atoms. The van der Waals surface area contributed by atoms with Gasteiger partial charge >= 0.3 is 0 Å². The van der Waals surface area contributed by atoms with Gasteiger partial charge < -0.3 is 9.84 Å². The number of alkyl halides is 1. The van der Waals surface area contributed by atoms with Crippen molar-refractivity contribution in [3.8, 4) is 0 Å². The van der Waals surface area contributed by atoms with Gasteiger partial charge in [-0.2, -0.15) is 4.98 Å². The molecule has 5 nitrogen and oxygen atoms in total. The topological polar surface area (TPSA) is 68.0 Å². The number of rotatable bonds is 5. The predicted octanol–water partition coefficient (Wildman–Crippen LogP) is 1.01. The molecule has 0 saturated carbocycles. The molecular formula is C8H12ClN3O2. The van der Waals surface area contributed by atoms with Gasteiger partial charge in [0.2, 0.25) is 11.8 Å². The summed E-state index contributed by atoms with van der Waals surface area (Å²) in [5.41, 5.74) is 0. The predicted molar refractivity (Wildman–Crippen MR) is 50.8 cm³/mol. The van der Waals surface area contributed by atoms with E-state index in [1.54, 1.807) is 6.92 Å². The molecule has 78 valence electrons. The number of nitrogens with one attached hydrogen (secondary N) is 1. The van der Waals surface area contributed by atoms with Gasteiger partial charge in [-0.3, -0.25) is 4.79 Å². The minimum absolute atomic E-state index is 0.0542. The summed E-state index contributed by atoms with van der Waals surface area (Å²) in [4.78, 5) is 15.1. The molecule has 0 aliphatic rings. The van der Waals surface area contributed by atoms with Gasteiger partial charge in [0.1, 0.15) is 0 Å². The van der Waals surface area contributed by atoms with E-state index in [0.29, 0.717) is 30.4 Å². The molecule has 0 saturated heterocycles. The second-order valence-corrected chi connectivity index (χ2v) is 3.18. The average Bonchev–Trinajstić information content (AvgIpc) is 2.58. The van der Waals surface area contributed by atoms with Crippen molar-refractivity contribution >= 4 is 17.5 Å². The number of hydrogen-bond donors (Lipinski definition) is 1. The van der Waals surface area contributed by atoms with Crippen LogP contribution in [0.4, 0.5) is 0 Å². The number of carbonyl (C=O) groups excluding carboxylic acids is 1. The zero-order chi connectivity index (χ0) is 10.4. The summed E-state index contributed by atoms with van der Waals surface area (Å²) in [5, 5.41) is 6.25. The highest BCUT2D eigenvalue weighted by atomic mass is 35.5. The summed E-state index contributed by atoms with van der Waals surface area (Å²) < 4.78 is 4.82. The molecule has 6 heteroatoms. The van der Waals surface area contributed by atoms with Crippen molar-refractivity contribution < 1.29 is 9.32 Å². The summed E-state index contributed by atoms with van der Waals surface area (Å²) in [6.45, 7) is 2.00. The van der Waals surface area contributed by atoms with Gasteiger partial charge in [-0.25, -0.2) is 0 Å². The zero-order valence-electron chi connectivity index (χ0n) is 7.92. The standard InChI is InChI=1S/C8H12ClN3O2/c1-6-11-8(14-12-6)5-10-7(13)3-2-4-9/h2-5H2,1H3,(H,10,13). The summed E-state index contributed by atoms with van der Waals surface area (Å²) in [6, 6.07) is 0. The molecule has 0 unspecified atom stereocenters. The number of aromatic nitrogens is 2. The van der Waals surface area contributed by atoms with Crippen molar-refractivity contribution in [2.24, 2.45) is 0 Å². The maximum absolute atomic E-state index is 11.1. The van der Waals surface area contributed by atoms with Crippen molar-refractivity contribution in [1.82, 2.24) is 15.5 Å². The Morgan fingerprint density at radius 1 is 1.64 bits per heavy atom. The molecule has 0 atom stereocenters. The fourth-order valence-electron chi connectivity index (χ4n) is 0.902. The Kier molecular flexibility index (Phi) is 4.39. The molecule has 1 aromatic rings. The number of carbonyl (C=O) groups is 1. The Morgan fingerprint density at radius 2 is 2.43 bits per heavy atom. The van der Waals surface area contributed by atoms with Crippen molar-refractivity contribution in [2.75, 3.05) is 5.88 Å². The minimum atomic E-state index is -0.0542. The van der Waals surface area contributed by atoms with Crippen LogP contribution in [0.3, 0.4) is 0 Å². The van der Waals surface area contributed by atoms with Crippen LogP contribution in [0.15, 0.2) is 4.52 Å². The van der Waals surface area contributed by atoms with Crippen LogP contribution in [0, 0.1) is 6.92 Å². The van der Waals surface area contributed by atoms with Gasteiger partial charge in [0.05, 0.1) is 6.54 Å². The molecular weight excluding hydrogens is 206 g/mol. The van der Waals surface area contributed by atoms with E-state index in [2.05, 4.69) is 15.5 Å². The Morgan fingerprint density at radius 3 is 3.00 bits per heavy atom. The lowest BCUT2D eigenvalue weighted by atomic mass is 10.3. The molecule has 1 heterocycles. The van der Waals surface area contributed by atoms with E-state index < -0.39 is 0 Å². The van der Waals surface area contributed by atoms with E-state index in [0.717, 1.165) is 0 Å². The zero-order valence-corrected chi connectivity index (χ0v) is 8.67. The van der Waals surface area contributed by atoms with E-state index in [1.165, 1.54) is 0 Å². The molecule has 0 aliphatic carbocycles. The van der Waals surface area contributed by atoms with Crippen molar-refractivity contribution in [1.29, 1.82) is 0 Å². The van der Waals surface area contributed by atoms with Crippen LogP contribution < -0.4 is 5.32 Å². The van der Waals surface area contributed by atoms with Crippen LogP contribution in [-0.4, -0.2) is 21.9 Å². The van der Waals surface area contributed by atoms with Crippen LogP contribution in [0.5, 0.6) is 0 Å². The van der Waals surface area contributed by atoms with Gasteiger partial charge in [-0.05, 0) is 13.3 Å². The highest BCUT2D eigenvalue weighted by molar-refractivity contribution is 6.17. The number of nitrogens with zero attached hydrogens (tertiary/aromatic N) is 2. The molecule has 1 amide bonds. The van der Waals surface area contributed by atoms with Gasteiger partial charge in [-0.1, -0.05) is 5.16 Å². The molecule has 0 aliphatic heterocycles. The van der Waals surface area contributed by atoms with Crippen LogP contribution in [0.2, 0.25) is 0 Å². The van der Waals surface area contributed by atoms with E-state index in [9.17, 15) is 4.79 Å². The van der Waals surface area contributed by atoms with E-state index in [-0.39, 0.29) is 12.5 Å². The van der Waals surface area contributed by atoms with Gasteiger partial charge in [0, 0.05) is 12.3 Å². The van der Waals surface area contributed by atoms with Crippen LogP contribution in [0.1, 0.15) is 24.6 Å². The Balaban J connectivity index is 2.23. The second kappa shape index (κ2) is 5.59. The second-order valence-electron chi connectivity index (χ2n) is 2.80. The van der Waals surface area contributed by atoms with Gasteiger partial charge in [0.15, 0.2) is 5.82 Å². The lowest BCUT2D eigenvalue weighted by Gasteiger charge is -1.99. The Bertz CT molecular complexity index is 301. The Hall–Kier alpha value is -1.10. The summed E-state index contributed by atoms with van der Waals surface area (Å²) in [7, 11) is 0. The highest BCUT2D eigenvalue weighted by Gasteiger charge is 2.04. The molecule has 14 heavy (non-hydrogen) atoms. The number of halogens is 1. The first-order chi connectivity index (χ1) is 6.72. The Labute approximate surface area is 86.8 Å². The third-order valence-corrected chi connectivity index (χ3v) is 1.81.